The SMILES string of the molecule is CN1CCN(CC2CCN(c3noc(-c4ccccc4)c3C(=O)O)CC2)CC1. The first-order valence-corrected chi connectivity index (χ1v) is 10.1. The van der Waals surface area contributed by atoms with E-state index in [-0.39, 0.29) is 5.56 Å². The van der Waals surface area contributed by atoms with Crippen molar-refractivity contribution in [3.05, 3.63) is 35.9 Å². The van der Waals surface area contributed by atoms with E-state index < -0.39 is 5.97 Å². The Balaban J connectivity index is 1.42. The van der Waals surface area contributed by atoms with E-state index in [2.05, 4.69) is 26.9 Å². The lowest BCUT2D eigenvalue weighted by Crippen LogP contribution is -2.47. The van der Waals surface area contributed by atoms with Crippen molar-refractivity contribution in [2.45, 2.75) is 12.8 Å². The molecule has 150 valence electrons. The smallest absolute Gasteiger partial charge is 0.343 e. The summed E-state index contributed by atoms with van der Waals surface area (Å²) < 4.78 is 5.47. The van der Waals surface area contributed by atoms with Gasteiger partial charge >= 0.3 is 5.97 Å². The van der Waals surface area contributed by atoms with Crippen molar-refractivity contribution in [2.75, 3.05) is 57.8 Å². The molecule has 3 heterocycles. The minimum atomic E-state index is -0.991. The first-order chi connectivity index (χ1) is 13.6. The number of aromatic carboxylic acids is 1. The molecule has 0 radical (unpaired) electrons. The summed E-state index contributed by atoms with van der Waals surface area (Å²) in [4.78, 5) is 18.9. The molecule has 0 aliphatic carbocycles. The van der Waals surface area contributed by atoms with E-state index in [4.69, 9.17) is 4.52 Å². The topological polar surface area (TPSA) is 73.0 Å². The lowest BCUT2D eigenvalue weighted by Gasteiger charge is -2.38. The van der Waals surface area contributed by atoms with Gasteiger partial charge in [0.15, 0.2) is 17.1 Å². The van der Waals surface area contributed by atoms with Crippen LogP contribution in [0.4, 0.5) is 5.82 Å². The lowest BCUT2D eigenvalue weighted by molar-refractivity contribution is 0.0697. The molecule has 0 atom stereocenters. The highest BCUT2D eigenvalue weighted by Crippen LogP contribution is 2.33. The van der Waals surface area contributed by atoms with Crippen molar-refractivity contribution in [2.24, 2.45) is 5.92 Å². The number of piperidine rings is 1. The molecule has 2 fully saturated rings. The first-order valence-electron chi connectivity index (χ1n) is 10.1. The van der Waals surface area contributed by atoms with E-state index in [1.54, 1.807) is 0 Å². The van der Waals surface area contributed by atoms with E-state index >= 15 is 0 Å². The van der Waals surface area contributed by atoms with Crippen LogP contribution in [0.3, 0.4) is 0 Å². The van der Waals surface area contributed by atoms with Crippen LogP contribution in [-0.2, 0) is 0 Å². The highest BCUT2D eigenvalue weighted by atomic mass is 16.5. The average molecular weight is 384 g/mol. The summed E-state index contributed by atoms with van der Waals surface area (Å²) in [6.45, 7) is 7.34. The number of anilines is 1. The zero-order chi connectivity index (χ0) is 19.5. The summed E-state index contributed by atoms with van der Waals surface area (Å²) in [5, 5.41) is 13.9. The molecular formula is C21H28N4O3. The van der Waals surface area contributed by atoms with Crippen LogP contribution in [0.25, 0.3) is 11.3 Å². The molecule has 4 rings (SSSR count). The maximum Gasteiger partial charge on any atom is 0.343 e. The van der Waals surface area contributed by atoms with Gasteiger partial charge in [-0.3, -0.25) is 0 Å². The van der Waals surface area contributed by atoms with Gasteiger partial charge in [-0.2, -0.15) is 0 Å². The Morgan fingerprint density at radius 3 is 2.43 bits per heavy atom. The minimum Gasteiger partial charge on any atom is -0.477 e. The first kappa shape index (κ1) is 19.0. The third-order valence-electron chi connectivity index (χ3n) is 5.95. The molecule has 28 heavy (non-hydrogen) atoms. The summed E-state index contributed by atoms with van der Waals surface area (Å²) >= 11 is 0. The van der Waals surface area contributed by atoms with Gasteiger partial charge in [0.2, 0.25) is 0 Å². The molecule has 2 aliphatic heterocycles. The number of nitrogens with zero attached hydrogens (tertiary/aromatic N) is 4. The van der Waals surface area contributed by atoms with E-state index in [1.807, 2.05) is 30.3 Å². The number of rotatable bonds is 5. The molecule has 2 saturated heterocycles. The molecule has 1 aromatic heterocycles. The largest absolute Gasteiger partial charge is 0.477 e. The van der Waals surface area contributed by atoms with E-state index in [1.165, 1.54) is 0 Å². The molecule has 1 aromatic carbocycles. The molecule has 0 bridgehead atoms. The minimum absolute atomic E-state index is 0.170. The van der Waals surface area contributed by atoms with Gasteiger partial charge < -0.3 is 24.3 Å². The number of hydrogen-bond donors (Lipinski definition) is 1. The van der Waals surface area contributed by atoms with Crippen molar-refractivity contribution < 1.29 is 14.4 Å². The number of carboxylic acids is 1. The van der Waals surface area contributed by atoms with Crippen molar-refractivity contribution >= 4 is 11.8 Å². The monoisotopic (exact) mass is 384 g/mol. The van der Waals surface area contributed by atoms with Crippen LogP contribution in [0.5, 0.6) is 0 Å². The zero-order valence-electron chi connectivity index (χ0n) is 16.4. The molecule has 2 aromatic rings. The molecular weight excluding hydrogens is 356 g/mol. The van der Waals surface area contributed by atoms with Crippen molar-refractivity contribution in [1.82, 2.24) is 15.0 Å². The van der Waals surface area contributed by atoms with Gasteiger partial charge in [0.1, 0.15) is 0 Å². The summed E-state index contributed by atoms with van der Waals surface area (Å²) in [5.74, 6) is 0.468. The zero-order valence-corrected chi connectivity index (χ0v) is 16.4. The van der Waals surface area contributed by atoms with E-state index in [9.17, 15) is 9.90 Å². The second-order valence-corrected chi connectivity index (χ2v) is 7.92. The van der Waals surface area contributed by atoms with Gasteiger partial charge in [0, 0.05) is 51.4 Å². The Morgan fingerprint density at radius 2 is 1.79 bits per heavy atom. The normalized spacial score (nSPS) is 19.8. The number of carbonyl (C=O) groups is 1. The number of benzene rings is 1. The van der Waals surface area contributed by atoms with E-state index in [0.717, 1.165) is 64.2 Å². The van der Waals surface area contributed by atoms with Gasteiger partial charge in [0.25, 0.3) is 0 Å². The Labute approximate surface area is 165 Å². The predicted molar refractivity (Wildman–Crippen MR) is 108 cm³/mol. The molecule has 0 saturated carbocycles. The van der Waals surface area contributed by atoms with Crippen molar-refractivity contribution in [3.8, 4) is 11.3 Å². The Bertz CT molecular complexity index is 791. The number of aromatic nitrogens is 1. The van der Waals surface area contributed by atoms with Crippen molar-refractivity contribution in [1.29, 1.82) is 0 Å². The summed E-state index contributed by atoms with van der Waals surface area (Å²) in [5.41, 5.74) is 0.910. The number of piperazine rings is 1. The summed E-state index contributed by atoms with van der Waals surface area (Å²) in [7, 11) is 2.18. The summed E-state index contributed by atoms with van der Waals surface area (Å²) in [6.07, 6.45) is 2.11. The molecule has 0 unspecified atom stereocenters. The number of carboxylic acid groups (broad SMARTS) is 1. The Morgan fingerprint density at radius 1 is 1.11 bits per heavy atom. The van der Waals surface area contributed by atoms with Crippen molar-refractivity contribution in [3.63, 3.8) is 0 Å². The van der Waals surface area contributed by atoms with Crippen LogP contribution in [-0.4, -0.2) is 78.9 Å². The van der Waals surface area contributed by atoms with Crippen LogP contribution >= 0.6 is 0 Å². The fourth-order valence-electron chi connectivity index (χ4n) is 4.20. The standard InChI is InChI=1S/C21H28N4O3/c1-23-11-13-24(14-12-23)15-16-7-9-25(10-8-16)20-18(21(26)27)19(28-22-20)17-5-3-2-4-6-17/h2-6,16H,7-15H2,1H3,(H,26,27). The van der Waals surface area contributed by atoms with Crippen LogP contribution in [0, 0.1) is 5.92 Å². The van der Waals surface area contributed by atoms with Crippen LogP contribution in [0.2, 0.25) is 0 Å². The van der Waals surface area contributed by atoms with Crippen LogP contribution < -0.4 is 4.90 Å². The quantitative estimate of drug-likeness (QED) is 0.849. The summed E-state index contributed by atoms with van der Waals surface area (Å²) in [6, 6.07) is 9.32. The maximum atomic E-state index is 11.9. The predicted octanol–water partition coefficient (Wildman–Crippen LogP) is 2.50. The Hall–Kier alpha value is -2.38. The molecule has 2 aliphatic rings. The number of hydrogen-bond acceptors (Lipinski definition) is 6. The number of likely N-dealkylation sites (N-methyl/N-ethyl adjacent to an activating group) is 1. The fraction of sp³-hybridized carbons (Fsp3) is 0.524. The fourth-order valence-corrected chi connectivity index (χ4v) is 4.20. The Kier molecular flexibility index (Phi) is 5.64. The van der Waals surface area contributed by atoms with Crippen LogP contribution in [0.1, 0.15) is 23.2 Å². The molecule has 0 amide bonds. The lowest BCUT2D eigenvalue weighted by atomic mass is 9.95. The molecule has 1 N–H and O–H groups in total. The van der Waals surface area contributed by atoms with Gasteiger partial charge in [-0.15, -0.1) is 0 Å². The van der Waals surface area contributed by atoms with E-state index in [0.29, 0.717) is 17.5 Å². The third kappa shape index (κ3) is 4.05. The van der Waals surface area contributed by atoms with Gasteiger partial charge in [-0.25, -0.2) is 4.79 Å². The van der Waals surface area contributed by atoms with Gasteiger partial charge in [-0.1, -0.05) is 35.5 Å². The second-order valence-electron chi connectivity index (χ2n) is 7.92. The third-order valence-corrected chi connectivity index (χ3v) is 5.95. The highest BCUT2D eigenvalue weighted by Gasteiger charge is 2.30. The van der Waals surface area contributed by atoms with Crippen LogP contribution in [0.15, 0.2) is 34.9 Å². The average Bonchev–Trinajstić information content (AvgIpc) is 3.16. The molecule has 7 nitrogen and oxygen atoms in total. The molecule has 7 heteroatoms. The molecule has 0 spiro atoms. The highest BCUT2D eigenvalue weighted by molar-refractivity contribution is 5.99. The maximum absolute atomic E-state index is 11.9. The van der Waals surface area contributed by atoms with Gasteiger partial charge in [-0.05, 0) is 25.8 Å². The second kappa shape index (κ2) is 8.32. The van der Waals surface area contributed by atoms with Gasteiger partial charge in [0.05, 0.1) is 0 Å².